The number of rotatable bonds is 64. The number of hydrogen-bond acceptors (Lipinski definition) is 18. The van der Waals surface area contributed by atoms with Crippen molar-refractivity contribution >= 4 is 157 Å². The molecule has 1 aromatic carbocycles. The molecule has 11 aromatic rings. The van der Waals surface area contributed by atoms with Gasteiger partial charge in [-0.15, -0.1) is 113 Å². The lowest BCUT2D eigenvalue weighted by molar-refractivity contribution is 0.235. The number of aryl methyl sites for hydroxylation is 4. The standard InChI is InChI=1S/C112H148N6O4S10/c1-11-21-29-35-41-47-55-81-65-87(69-99-109(119)117(63-51-45-39-33-25-15-5)111(131-99)85(73-113)74-114)123-103(81)91-59-61-93(125-91)105-83(57-49-43-37-31-23-13-3)67-95(127-105)97-71-89-101(121-77-79(19-9)53-27-17-7)108-90(102(107(89)129-97)122-78-80(20-10)54-28-18-8)72-98(130-108)96-68-84(58-50-44-38-32-24-14-4)106(128-96)94-62-60-92(126-94)104-82(56-48-42-36-30-22-12-2)66-88(124-104)70-100-110(120)118(64-52-46-40-34-26-16-6)112(132-100)86(75-115)76-116/h59-62,65-72,79-80H,11-58,63-64,77-78H2,1-10H3/b99-69-,100-70+. The van der Waals surface area contributed by atoms with Gasteiger partial charge in [-0.25, -0.2) is 0 Å². The number of unbranched alkanes of at least 4 members (excludes halogenated alkanes) is 32. The first-order valence-corrected chi connectivity index (χ1v) is 59.4. The van der Waals surface area contributed by atoms with Crippen molar-refractivity contribution in [1.29, 1.82) is 21.0 Å². The fourth-order valence-electron chi connectivity index (χ4n) is 18.1. The highest BCUT2D eigenvalue weighted by atomic mass is 32.1. The maximum Gasteiger partial charge on any atom is 0.269 e. The Hall–Kier alpha value is -6.76. The molecule has 0 N–H and O–H groups in total. The zero-order valence-corrected chi connectivity index (χ0v) is 89.4. The van der Waals surface area contributed by atoms with Gasteiger partial charge in [-0.1, -0.05) is 300 Å². The Balaban J connectivity index is 1.02. The van der Waals surface area contributed by atoms with E-state index < -0.39 is 0 Å². The van der Waals surface area contributed by atoms with Gasteiger partial charge in [-0.2, -0.15) is 21.0 Å². The molecule has 710 valence electrons. The summed E-state index contributed by atoms with van der Waals surface area (Å²) < 4.78 is 23.0. The molecule has 0 fully saturated rings. The largest absolute Gasteiger partial charge is 0.491 e. The number of thiophene rings is 8. The number of thiazole rings is 2. The third kappa shape index (κ3) is 29.6. The van der Waals surface area contributed by atoms with Crippen LogP contribution in [0.4, 0.5) is 0 Å². The summed E-state index contributed by atoms with van der Waals surface area (Å²) >= 11 is 17.6. The Morgan fingerprint density at radius 2 is 0.598 bits per heavy atom. The van der Waals surface area contributed by atoms with Gasteiger partial charge in [0.05, 0.1) is 31.7 Å². The van der Waals surface area contributed by atoms with Crippen LogP contribution in [0, 0.1) is 57.2 Å². The number of benzene rings is 1. The van der Waals surface area contributed by atoms with Crippen molar-refractivity contribution in [3.8, 4) is 94.3 Å². The summed E-state index contributed by atoms with van der Waals surface area (Å²) in [7, 11) is 0. The monoisotopic (exact) mass is 1960 g/mol. The molecule has 0 radical (unpaired) electrons. The predicted octanol–water partition coefficient (Wildman–Crippen LogP) is 34.5. The van der Waals surface area contributed by atoms with Crippen LogP contribution < -0.4 is 39.0 Å². The van der Waals surface area contributed by atoms with Crippen molar-refractivity contribution < 1.29 is 9.47 Å². The van der Waals surface area contributed by atoms with E-state index in [1.165, 1.54) is 293 Å². The summed E-state index contributed by atoms with van der Waals surface area (Å²) in [6.07, 6.45) is 59.2. The lowest BCUT2D eigenvalue weighted by Gasteiger charge is -2.19. The first-order chi connectivity index (χ1) is 64.7. The van der Waals surface area contributed by atoms with Crippen LogP contribution in [0.15, 0.2) is 70.3 Å². The van der Waals surface area contributed by atoms with Crippen LogP contribution in [0.5, 0.6) is 11.5 Å². The summed E-state index contributed by atoms with van der Waals surface area (Å²) in [5.74, 6) is 2.82. The van der Waals surface area contributed by atoms with E-state index in [-0.39, 0.29) is 22.3 Å². The average molecular weight is 1960 g/mol. The van der Waals surface area contributed by atoms with E-state index in [1.54, 1.807) is 31.8 Å². The van der Waals surface area contributed by atoms with Gasteiger partial charge in [0.1, 0.15) is 45.1 Å². The van der Waals surface area contributed by atoms with Crippen molar-refractivity contribution in [2.24, 2.45) is 11.8 Å². The lowest BCUT2D eigenvalue weighted by atomic mass is 10.0. The Morgan fingerprint density at radius 3 is 0.902 bits per heavy atom. The molecule has 11 rings (SSSR count). The minimum absolute atomic E-state index is 0.0000133. The Labute approximate surface area is 830 Å². The zero-order valence-electron chi connectivity index (χ0n) is 81.3. The molecule has 132 heavy (non-hydrogen) atoms. The first-order valence-electron chi connectivity index (χ1n) is 51.3. The topological polar surface area (TPSA) is 158 Å². The number of hydrogen-bond donors (Lipinski definition) is 0. The maximum atomic E-state index is 14.5. The van der Waals surface area contributed by atoms with Crippen LogP contribution in [0.1, 0.15) is 384 Å². The molecule has 10 nitrogen and oxygen atoms in total. The van der Waals surface area contributed by atoms with E-state index in [4.69, 9.17) is 9.47 Å². The van der Waals surface area contributed by atoms with Crippen LogP contribution in [0.25, 0.3) is 102 Å². The highest BCUT2D eigenvalue weighted by molar-refractivity contribution is 7.31. The molecule has 0 amide bonds. The van der Waals surface area contributed by atoms with Crippen LogP contribution >= 0.6 is 113 Å². The molecule has 0 spiro atoms. The molecule has 20 heteroatoms. The van der Waals surface area contributed by atoms with Crippen molar-refractivity contribution in [2.75, 3.05) is 13.2 Å². The summed E-state index contributed by atoms with van der Waals surface area (Å²) in [4.78, 5) is 46.5. The molecule has 2 atom stereocenters. The van der Waals surface area contributed by atoms with Gasteiger partial charge < -0.3 is 9.47 Å². The molecule has 2 unspecified atom stereocenters. The van der Waals surface area contributed by atoms with E-state index >= 15 is 0 Å². The van der Waals surface area contributed by atoms with Crippen molar-refractivity contribution in [3.63, 3.8) is 0 Å². The molecular weight excluding hydrogens is 1810 g/mol. The normalized spacial score (nSPS) is 12.4. The molecule has 0 aliphatic rings. The smallest absolute Gasteiger partial charge is 0.269 e. The minimum atomic E-state index is -0.116. The van der Waals surface area contributed by atoms with Crippen molar-refractivity contribution in [2.45, 2.75) is 391 Å². The van der Waals surface area contributed by atoms with Gasteiger partial charge in [0, 0.05) is 92.1 Å². The second-order valence-electron chi connectivity index (χ2n) is 36.6. The summed E-state index contributed by atoms with van der Waals surface area (Å²) in [6, 6.07) is 32.7. The van der Waals surface area contributed by atoms with Gasteiger partial charge >= 0.3 is 0 Å². The Morgan fingerprint density at radius 1 is 0.318 bits per heavy atom. The van der Waals surface area contributed by atoms with E-state index in [0.29, 0.717) is 56.5 Å². The molecule has 0 bridgehead atoms. The number of fused-ring (bicyclic) bond motifs is 2. The van der Waals surface area contributed by atoms with E-state index in [9.17, 15) is 30.6 Å². The fourth-order valence-corrected chi connectivity index (χ4v) is 30.2. The van der Waals surface area contributed by atoms with Crippen molar-refractivity contribution in [1.82, 2.24) is 9.13 Å². The van der Waals surface area contributed by atoms with Crippen LogP contribution in [0.2, 0.25) is 0 Å². The molecule has 0 saturated carbocycles. The minimum Gasteiger partial charge on any atom is -0.491 e. The third-order valence-electron chi connectivity index (χ3n) is 26.2. The maximum absolute atomic E-state index is 14.5. The zero-order chi connectivity index (χ0) is 93.4. The number of nitriles is 4. The van der Waals surface area contributed by atoms with E-state index in [1.807, 2.05) is 80.2 Å². The summed E-state index contributed by atoms with van der Waals surface area (Å²) in [5, 5.41) is 43.0. The second kappa shape index (κ2) is 57.4. The van der Waals surface area contributed by atoms with Crippen LogP contribution in [0.3, 0.4) is 0 Å². The molecule has 10 aromatic heterocycles. The van der Waals surface area contributed by atoms with Crippen molar-refractivity contribution in [3.05, 3.63) is 132 Å². The lowest BCUT2D eigenvalue weighted by Crippen LogP contribution is -2.32. The van der Waals surface area contributed by atoms with Gasteiger partial charge in [-0.3, -0.25) is 18.7 Å². The van der Waals surface area contributed by atoms with E-state index in [0.717, 1.165) is 160 Å². The first kappa shape index (κ1) is 106. The fraction of sp³-hybridized carbons (Fsp3) is 0.571. The molecule has 0 aliphatic heterocycles. The predicted molar refractivity (Wildman–Crippen MR) is 582 cm³/mol. The molecule has 0 saturated heterocycles. The average Bonchev–Trinajstić information content (AvgIpc) is 1.57. The van der Waals surface area contributed by atoms with Gasteiger partial charge in [0.25, 0.3) is 11.1 Å². The van der Waals surface area contributed by atoms with E-state index in [2.05, 4.69) is 154 Å². The molecular formula is C112H148N6O4S10. The Bertz CT molecular complexity index is 5530. The summed E-state index contributed by atoms with van der Waals surface area (Å²) in [6.45, 7) is 25.2. The molecule has 10 heterocycles. The Kier molecular flexibility index (Phi) is 46.0. The highest BCUT2D eigenvalue weighted by Gasteiger charge is 2.29. The van der Waals surface area contributed by atoms with Gasteiger partial charge in [0.2, 0.25) is 0 Å². The number of ether oxygens (including phenoxy) is 2. The number of aromatic nitrogens is 2. The van der Waals surface area contributed by atoms with Gasteiger partial charge in [0.15, 0.2) is 11.1 Å². The summed E-state index contributed by atoms with van der Waals surface area (Å²) in [5.41, 5.74) is 5.25. The number of nitrogens with zero attached hydrogens (tertiary/aromatic N) is 6. The van der Waals surface area contributed by atoms with Crippen LogP contribution in [-0.2, 0) is 38.8 Å². The van der Waals surface area contributed by atoms with Gasteiger partial charge in [-0.05, 0) is 184 Å². The SMILES string of the molecule is CCCCCCCCc1cc(/C=c2\sc(=C(C#N)C#N)n(CCCCCCCC)c2=O)sc1-c1ccc(-c2sc(-c3cc4c(OCC(CC)CCCC)c5sc(-c6cc(CCCCCCCC)c(-c7ccc(-c8sc(/C=c9/sc(=C(C#N)C#N)n(CCCCCCCC)c9=O)cc8CCCCCCCC)s7)s6)cc5c(OCC(CC)CCCC)c4s3)cc2CCCCCCCC)s1. The van der Waals surface area contributed by atoms with Crippen LogP contribution in [-0.4, -0.2) is 22.3 Å². The molecule has 0 aliphatic carbocycles. The quantitative estimate of drug-likeness (QED) is 0.0341. The third-order valence-corrected chi connectivity index (χ3v) is 38.6. The second-order valence-corrected chi connectivity index (χ2v) is 47.2. The highest BCUT2D eigenvalue weighted by Crippen LogP contribution is 2.57.